The average molecular weight is 414 g/mol. The predicted molar refractivity (Wildman–Crippen MR) is 113 cm³/mol. The number of aliphatic imine (C=N–C) groups is 1. The number of fused-ring (bicyclic) bond motifs is 2. The summed E-state index contributed by atoms with van der Waals surface area (Å²) in [4.78, 5) is 21.4. The van der Waals surface area contributed by atoms with E-state index in [1.807, 2.05) is 50.4 Å². The maximum absolute atomic E-state index is 12.1. The third-order valence-electron chi connectivity index (χ3n) is 5.28. The van der Waals surface area contributed by atoms with Crippen molar-refractivity contribution in [1.82, 2.24) is 9.80 Å². The number of carbonyl (C=O) groups is 1. The van der Waals surface area contributed by atoms with Crippen LogP contribution in [0.2, 0.25) is 5.02 Å². The fourth-order valence-corrected chi connectivity index (χ4v) is 3.88. The molecule has 1 atom stereocenters. The fourth-order valence-electron chi connectivity index (χ4n) is 3.71. The summed E-state index contributed by atoms with van der Waals surface area (Å²) in [6, 6.07) is 13.4. The number of ether oxygens (including phenoxy) is 2. The Kier molecular flexibility index (Phi) is 5.74. The van der Waals surface area contributed by atoms with Gasteiger partial charge in [0.05, 0.1) is 18.6 Å². The standard InChI is InChI=1S/C22H24ClN3O3/c1-3-28-21(27)13-16-14-26(11-10-25(16)2)22-17-6-4-5-7-19(17)29-20-9-8-15(23)12-18(20)24-22/h4-9,12,16H,3,10-11,13-14H2,1-2H3. The molecule has 4 rings (SSSR count). The van der Waals surface area contributed by atoms with E-state index in [2.05, 4.69) is 9.80 Å². The molecule has 0 spiro atoms. The molecule has 2 aliphatic rings. The van der Waals surface area contributed by atoms with Crippen LogP contribution in [0.5, 0.6) is 11.5 Å². The molecule has 6 nitrogen and oxygen atoms in total. The van der Waals surface area contributed by atoms with Gasteiger partial charge in [0, 0.05) is 30.7 Å². The van der Waals surface area contributed by atoms with Crippen LogP contribution in [0.3, 0.4) is 0 Å². The number of benzene rings is 2. The molecule has 7 heteroatoms. The predicted octanol–water partition coefficient (Wildman–Crippen LogP) is 4.09. The van der Waals surface area contributed by atoms with Gasteiger partial charge in [0.25, 0.3) is 0 Å². The molecule has 0 bridgehead atoms. The van der Waals surface area contributed by atoms with Crippen molar-refractivity contribution in [1.29, 1.82) is 0 Å². The highest BCUT2D eigenvalue weighted by Crippen LogP contribution is 2.39. The fraction of sp³-hybridized carbons (Fsp3) is 0.364. The molecule has 0 radical (unpaired) electrons. The van der Waals surface area contributed by atoms with Gasteiger partial charge in [-0.2, -0.15) is 0 Å². The summed E-state index contributed by atoms with van der Waals surface area (Å²) in [5.41, 5.74) is 1.63. The van der Waals surface area contributed by atoms with Crippen molar-refractivity contribution in [3.8, 4) is 11.5 Å². The van der Waals surface area contributed by atoms with E-state index < -0.39 is 0 Å². The minimum absolute atomic E-state index is 0.0562. The topological polar surface area (TPSA) is 54.4 Å². The lowest BCUT2D eigenvalue weighted by atomic mass is 10.1. The quantitative estimate of drug-likeness (QED) is 0.709. The third kappa shape index (κ3) is 4.23. The summed E-state index contributed by atoms with van der Waals surface area (Å²) in [6.07, 6.45) is 0.356. The first-order valence-corrected chi connectivity index (χ1v) is 10.2. The molecule has 2 heterocycles. The van der Waals surface area contributed by atoms with Crippen molar-refractivity contribution in [2.24, 2.45) is 4.99 Å². The Labute approximate surface area is 175 Å². The Morgan fingerprint density at radius 3 is 2.90 bits per heavy atom. The molecule has 1 unspecified atom stereocenters. The molecule has 0 N–H and O–H groups in total. The largest absolute Gasteiger partial charge is 0.466 e. The lowest BCUT2D eigenvalue weighted by Crippen LogP contribution is -2.54. The van der Waals surface area contributed by atoms with Crippen LogP contribution < -0.4 is 4.74 Å². The average Bonchev–Trinajstić information content (AvgIpc) is 2.86. The van der Waals surface area contributed by atoms with Crippen LogP contribution in [0.1, 0.15) is 18.9 Å². The minimum atomic E-state index is -0.171. The number of para-hydroxylation sites is 1. The van der Waals surface area contributed by atoms with Gasteiger partial charge in [0.2, 0.25) is 0 Å². The number of hydrogen-bond donors (Lipinski definition) is 0. The van der Waals surface area contributed by atoms with Crippen LogP contribution in [-0.4, -0.2) is 60.9 Å². The molecular formula is C22H24ClN3O3. The number of rotatable bonds is 3. The molecule has 2 aromatic rings. The van der Waals surface area contributed by atoms with Gasteiger partial charge in [-0.15, -0.1) is 0 Å². The Bertz CT molecular complexity index is 947. The first-order chi connectivity index (χ1) is 14.0. The van der Waals surface area contributed by atoms with Gasteiger partial charge in [0.15, 0.2) is 5.75 Å². The number of amidine groups is 1. The van der Waals surface area contributed by atoms with Gasteiger partial charge in [-0.1, -0.05) is 23.7 Å². The summed E-state index contributed by atoms with van der Waals surface area (Å²) in [6.45, 7) is 4.54. The molecular weight excluding hydrogens is 390 g/mol. The highest BCUT2D eigenvalue weighted by Gasteiger charge is 2.31. The van der Waals surface area contributed by atoms with Gasteiger partial charge >= 0.3 is 5.97 Å². The van der Waals surface area contributed by atoms with E-state index in [1.165, 1.54) is 0 Å². The zero-order chi connectivity index (χ0) is 20.4. The molecule has 1 fully saturated rings. The van der Waals surface area contributed by atoms with E-state index in [0.717, 1.165) is 30.2 Å². The van der Waals surface area contributed by atoms with Crippen LogP contribution in [0.4, 0.5) is 5.69 Å². The number of esters is 1. The highest BCUT2D eigenvalue weighted by molar-refractivity contribution is 6.31. The molecule has 0 saturated carbocycles. The number of hydrogen-bond acceptors (Lipinski definition) is 6. The van der Waals surface area contributed by atoms with Crippen molar-refractivity contribution in [3.05, 3.63) is 53.1 Å². The maximum Gasteiger partial charge on any atom is 0.307 e. The number of halogens is 1. The number of piperazine rings is 1. The number of nitrogens with zero attached hydrogens (tertiary/aromatic N) is 3. The van der Waals surface area contributed by atoms with Crippen LogP contribution in [-0.2, 0) is 9.53 Å². The van der Waals surface area contributed by atoms with Gasteiger partial charge in [-0.3, -0.25) is 9.69 Å². The lowest BCUT2D eigenvalue weighted by molar-refractivity contribution is -0.144. The van der Waals surface area contributed by atoms with Crippen LogP contribution in [0.15, 0.2) is 47.5 Å². The molecule has 2 aliphatic heterocycles. The smallest absolute Gasteiger partial charge is 0.307 e. The SMILES string of the molecule is CCOC(=O)CC1CN(C2=Nc3cc(Cl)ccc3Oc3ccccc32)CCN1C. The van der Waals surface area contributed by atoms with Crippen molar-refractivity contribution in [2.75, 3.05) is 33.3 Å². The summed E-state index contributed by atoms with van der Waals surface area (Å²) >= 11 is 6.21. The van der Waals surface area contributed by atoms with E-state index in [9.17, 15) is 4.79 Å². The van der Waals surface area contributed by atoms with Crippen molar-refractivity contribution >= 4 is 29.1 Å². The summed E-state index contributed by atoms with van der Waals surface area (Å²) in [7, 11) is 2.04. The summed E-state index contributed by atoms with van der Waals surface area (Å²) in [5.74, 6) is 2.10. The molecule has 2 aromatic carbocycles. The number of carbonyl (C=O) groups excluding carboxylic acids is 1. The Hall–Kier alpha value is -2.57. The van der Waals surface area contributed by atoms with E-state index in [4.69, 9.17) is 26.1 Å². The Balaban J connectivity index is 1.69. The van der Waals surface area contributed by atoms with E-state index in [0.29, 0.717) is 36.0 Å². The minimum Gasteiger partial charge on any atom is -0.466 e. The maximum atomic E-state index is 12.1. The summed E-state index contributed by atoms with van der Waals surface area (Å²) in [5, 5.41) is 0.611. The molecule has 1 saturated heterocycles. The monoisotopic (exact) mass is 413 g/mol. The zero-order valence-electron chi connectivity index (χ0n) is 16.6. The molecule has 29 heavy (non-hydrogen) atoms. The van der Waals surface area contributed by atoms with Gasteiger partial charge < -0.3 is 14.4 Å². The second kappa shape index (κ2) is 8.43. The van der Waals surface area contributed by atoms with Crippen molar-refractivity contribution in [3.63, 3.8) is 0 Å². The lowest BCUT2D eigenvalue weighted by Gasteiger charge is -2.40. The second-order valence-electron chi connectivity index (χ2n) is 7.24. The van der Waals surface area contributed by atoms with E-state index in [1.54, 1.807) is 6.07 Å². The van der Waals surface area contributed by atoms with Gasteiger partial charge in [-0.25, -0.2) is 4.99 Å². The van der Waals surface area contributed by atoms with E-state index >= 15 is 0 Å². The zero-order valence-corrected chi connectivity index (χ0v) is 17.4. The van der Waals surface area contributed by atoms with Gasteiger partial charge in [-0.05, 0) is 44.3 Å². The number of likely N-dealkylation sites (N-methyl/N-ethyl adjacent to an activating group) is 1. The molecule has 0 aromatic heterocycles. The van der Waals surface area contributed by atoms with Crippen molar-refractivity contribution in [2.45, 2.75) is 19.4 Å². The highest BCUT2D eigenvalue weighted by atomic mass is 35.5. The normalized spacial score (nSPS) is 18.8. The first kappa shape index (κ1) is 19.7. The second-order valence-corrected chi connectivity index (χ2v) is 7.67. The Morgan fingerprint density at radius 2 is 2.07 bits per heavy atom. The summed E-state index contributed by atoms with van der Waals surface area (Å²) < 4.78 is 11.3. The molecule has 0 aliphatic carbocycles. The van der Waals surface area contributed by atoms with E-state index in [-0.39, 0.29) is 12.0 Å². The van der Waals surface area contributed by atoms with Gasteiger partial charge in [0.1, 0.15) is 17.3 Å². The van der Waals surface area contributed by atoms with Crippen LogP contribution in [0, 0.1) is 0 Å². The molecule has 152 valence electrons. The van der Waals surface area contributed by atoms with Crippen LogP contribution >= 0.6 is 11.6 Å². The third-order valence-corrected chi connectivity index (χ3v) is 5.51. The van der Waals surface area contributed by atoms with Crippen molar-refractivity contribution < 1.29 is 14.3 Å². The first-order valence-electron chi connectivity index (χ1n) is 9.81. The molecule has 0 amide bonds. The van der Waals surface area contributed by atoms with Crippen LogP contribution in [0.25, 0.3) is 0 Å². The Morgan fingerprint density at radius 1 is 1.24 bits per heavy atom.